The summed E-state index contributed by atoms with van der Waals surface area (Å²) in [5.41, 5.74) is 0. The highest BCUT2D eigenvalue weighted by Gasteiger charge is 2.30. The minimum absolute atomic E-state index is 0.274. The second-order valence-corrected chi connectivity index (χ2v) is 5.53. The van der Waals surface area contributed by atoms with E-state index in [1.54, 1.807) is 0 Å². The van der Waals surface area contributed by atoms with Crippen molar-refractivity contribution in [3.63, 3.8) is 0 Å². The zero-order chi connectivity index (χ0) is 11.4. The maximum atomic E-state index is 11.8. The SMILES string of the molecule is CCCC1CCC(C2C=CCCC2=O)CC1. The summed E-state index contributed by atoms with van der Waals surface area (Å²) in [5.74, 6) is 2.39. The number of rotatable bonds is 3. The Bertz CT molecular complexity index is 259. The van der Waals surface area contributed by atoms with Crippen LogP contribution in [-0.4, -0.2) is 5.78 Å². The fraction of sp³-hybridized carbons (Fsp3) is 0.800. The Hall–Kier alpha value is -0.590. The largest absolute Gasteiger partial charge is 0.299 e. The van der Waals surface area contributed by atoms with Crippen LogP contribution in [0.3, 0.4) is 0 Å². The Morgan fingerprint density at radius 1 is 1.25 bits per heavy atom. The van der Waals surface area contributed by atoms with Crippen LogP contribution in [0.2, 0.25) is 0 Å². The van der Waals surface area contributed by atoms with Crippen LogP contribution < -0.4 is 0 Å². The van der Waals surface area contributed by atoms with Crippen molar-refractivity contribution in [2.75, 3.05) is 0 Å². The molecule has 1 fully saturated rings. The number of carbonyl (C=O) groups is 1. The molecule has 1 unspecified atom stereocenters. The van der Waals surface area contributed by atoms with Gasteiger partial charge in [0.1, 0.15) is 5.78 Å². The van der Waals surface area contributed by atoms with Crippen molar-refractivity contribution in [1.29, 1.82) is 0 Å². The summed E-state index contributed by atoms with van der Waals surface area (Å²) >= 11 is 0. The van der Waals surface area contributed by atoms with Crippen molar-refractivity contribution < 1.29 is 4.79 Å². The topological polar surface area (TPSA) is 17.1 Å². The molecule has 0 amide bonds. The zero-order valence-electron chi connectivity index (χ0n) is 10.5. The van der Waals surface area contributed by atoms with Crippen molar-refractivity contribution in [3.05, 3.63) is 12.2 Å². The zero-order valence-corrected chi connectivity index (χ0v) is 10.5. The number of carbonyl (C=O) groups excluding carboxylic acids is 1. The molecule has 0 heterocycles. The van der Waals surface area contributed by atoms with Gasteiger partial charge in [0.15, 0.2) is 0 Å². The second kappa shape index (κ2) is 5.65. The molecule has 0 aromatic rings. The van der Waals surface area contributed by atoms with E-state index in [1.165, 1.54) is 38.5 Å². The van der Waals surface area contributed by atoms with Gasteiger partial charge < -0.3 is 0 Å². The summed E-state index contributed by atoms with van der Waals surface area (Å²) in [5, 5.41) is 0. The molecule has 0 aliphatic heterocycles. The summed E-state index contributed by atoms with van der Waals surface area (Å²) in [6, 6.07) is 0. The fourth-order valence-corrected chi connectivity index (χ4v) is 3.41. The number of ketones is 1. The highest BCUT2D eigenvalue weighted by molar-refractivity contribution is 5.84. The van der Waals surface area contributed by atoms with E-state index in [0.29, 0.717) is 11.7 Å². The minimum Gasteiger partial charge on any atom is -0.299 e. The Kier molecular flexibility index (Phi) is 4.20. The summed E-state index contributed by atoms with van der Waals surface area (Å²) in [6.07, 6.45) is 14.2. The van der Waals surface area contributed by atoms with Crippen LogP contribution in [0.1, 0.15) is 58.3 Å². The first kappa shape index (κ1) is 11.9. The molecular weight excluding hydrogens is 196 g/mol. The standard InChI is InChI=1S/C15H24O/c1-2-5-12-8-10-13(11-9-12)14-6-3-4-7-15(14)16/h3,6,12-14H,2,4-5,7-11H2,1H3. The molecule has 1 saturated carbocycles. The van der Waals surface area contributed by atoms with Crippen LogP contribution in [0.25, 0.3) is 0 Å². The van der Waals surface area contributed by atoms with Crippen LogP contribution in [0, 0.1) is 17.8 Å². The van der Waals surface area contributed by atoms with Gasteiger partial charge in [0.2, 0.25) is 0 Å². The van der Waals surface area contributed by atoms with Crippen LogP contribution in [0.5, 0.6) is 0 Å². The molecule has 0 radical (unpaired) electrons. The van der Waals surface area contributed by atoms with E-state index in [1.807, 2.05) is 0 Å². The van der Waals surface area contributed by atoms with Gasteiger partial charge in [-0.1, -0.05) is 44.8 Å². The first-order chi connectivity index (χ1) is 7.81. The van der Waals surface area contributed by atoms with E-state index in [-0.39, 0.29) is 5.92 Å². The Morgan fingerprint density at radius 3 is 2.62 bits per heavy atom. The molecule has 1 nitrogen and oxygen atoms in total. The van der Waals surface area contributed by atoms with E-state index in [0.717, 1.165) is 18.8 Å². The van der Waals surface area contributed by atoms with Gasteiger partial charge in [0.25, 0.3) is 0 Å². The van der Waals surface area contributed by atoms with Gasteiger partial charge in [-0.15, -0.1) is 0 Å². The molecule has 0 bridgehead atoms. The molecule has 16 heavy (non-hydrogen) atoms. The molecule has 0 saturated heterocycles. The van der Waals surface area contributed by atoms with Crippen LogP contribution in [-0.2, 0) is 4.79 Å². The number of allylic oxidation sites excluding steroid dienone is 2. The summed E-state index contributed by atoms with van der Waals surface area (Å²) in [4.78, 5) is 11.8. The van der Waals surface area contributed by atoms with E-state index in [2.05, 4.69) is 19.1 Å². The average molecular weight is 220 g/mol. The third kappa shape index (κ3) is 2.75. The summed E-state index contributed by atoms with van der Waals surface area (Å²) in [6.45, 7) is 2.28. The van der Waals surface area contributed by atoms with E-state index >= 15 is 0 Å². The first-order valence-corrected chi connectivity index (χ1v) is 7.00. The lowest BCUT2D eigenvalue weighted by atomic mass is 9.72. The van der Waals surface area contributed by atoms with Crippen molar-refractivity contribution in [2.45, 2.75) is 58.3 Å². The van der Waals surface area contributed by atoms with Gasteiger partial charge in [-0.3, -0.25) is 4.79 Å². The van der Waals surface area contributed by atoms with E-state index in [4.69, 9.17) is 0 Å². The average Bonchev–Trinajstić information content (AvgIpc) is 2.31. The van der Waals surface area contributed by atoms with Crippen LogP contribution in [0.4, 0.5) is 0 Å². The van der Waals surface area contributed by atoms with Crippen LogP contribution in [0.15, 0.2) is 12.2 Å². The molecule has 1 atom stereocenters. The lowest BCUT2D eigenvalue weighted by Gasteiger charge is -2.33. The maximum Gasteiger partial charge on any atom is 0.140 e. The molecule has 2 rings (SSSR count). The van der Waals surface area contributed by atoms with Crippen molar-refractivity contribution in [2.24, 2.45) is 17.8 Å². The van der Waals surface area contributed by atoms with Gasteiger partial charge in [-0.05, 0) is 31.1 Å². The van der Waals surface area contributed by atoms with Gasteiger partial charge in [-0.25, -0.2) is 0 Å². The number of hydrogen-bond acceptors (Lipinski definition) is 1. The van der Waals surface area contributed by atoms with Gasteiger partial charge in [0.05, 0.1) is 0 Å². The van der Waals surface area contributed by atoms with Gasteiger partial charge in [-0.2, -0.15) is 0 Å². The summed E-state index contributed by atoms with van der Waals surface area (Å²) < 4.78 is 0. The quantitative estimate of drug-likeness (QED) is 0.654. The Labute approximate surface area is 99.3 Å². The molecule has 2 aliphatic carbocycles. The molecule has 1 heteroatoms. The fourth-order valence-electron chi connectivity index (χ4n) is 3.41. The normalized spacial score (nSPS) is 35.3. The predicted molar refractivity (Wildman–Crippen MR) is 67.2 cm³/mol. The molecule has 0 spiro atoms. The monoisotopic (exact) mass is 220 g/mol. The van der Waals surface area contributed by atoms with Gasteiger partial charge in [0, 0.05) is 12.3 Å². The minimum atomic E-state index is 0.274. The van der Waals surface area contributed by atoms with Crippen molar-refractivity contribution in [3.8, 4) is 0 Å². The van der Waals surface area contributed by atoms with E-state index in [9.17, 15) is 4.79 Å². The third-order valence-corrected chi connectivity index (χ3v) is 4.37. The summed E-state index contributed by atoms with van der Waals surface area (Å²) in [7, 11) is 0. The first-order valence-electron chi connectivity index (χ1n) is 7.00. The lowest BCUT2D eigenvalue weighted by Crippen LogP contribution is -2.27. The second-order valence-electron chi connectivity index (χ2n) is 5.53. The van der Waals surface area contributed by atoms with Crippen molar-refractivity contribution in [1.82, 2.24) is 0 Å². The molecular formula is C15H24O. The highest BCUT2D eigenvalue weighted by Crippen LogP contribution is 2.37. The third-order valence-electron chi connectivity index (χ3n) is 4.37. The lowest BCUT2D eigenvalue weighted by molar-refractivity contribution is -0.123. The van der Waals surface area contributed by atoms with E-state index < -0.39 is 0 Å². The molecule has 0 aromatic carbocycles. The molecule has 2 aliphatic rings. The van der Waals surface area contributed by atoms with Crippen LogP contribution >= 0.6 is 0 Å². The maximum absolute atomic E-state index is 11.8. The van der Waals surface area contributed by atoms with Crippen molar-refractivity contribution >= 4 is 5.78 Å². The molecule has 0 N–H and O–H groups in total. The molecule has 90 valence electrons. The number of Topliss-reactive ketones (excluding diaryl/α,β-unsaturated/α-hetero) is 1. The highest BCUT2D eigenvalue weighted by atomic mass is 16.1. The smallest absolute Gasteiger partial charge is 0.140 e. The Balaban J connectivity index is 1.86. The molecule has 0 aromatic heterocycles. The number of hydrogen-bond donors (Lipinski definition) is 0. The van der Waals surface area contributed by atoms with Gasteiger partial charge >= 0.3 is 0 Å². The predicted octanol–water partition coefficient (Wildman–Crippen LogP) is 4.13. The Morgan fingerprint density at radius 2 is 2.00 bits per heavy atom.